The molecule has 0 bridgehead atoms. The van der Waals surface area contributed by atoms with Gasteiger partial charge in [-0.25, -0.2) is 4.39 Å². The van der Waals surface area contributed by atoms with Gasteiger partial charge in [-0.1, -0.05) is 37.3 Å². The maximum atomic E-state index is 13.4. The summed E-state index contributed by atoms with van der Waals surface area (Å²) in [6.45, 7) is 9.80. The summed E-state index contributed by atoms with van der Waals surface area (Å²) in [5.74, 6) is -0.132. The molecule has 0 saturated carbocycles. The third-order valence-corrected chi connectivity index (χ3v) is 2.69. The van der Waals surface area contributed by atoms with E-state index < -0.39 is 0 Å². The molecule has 0 aliphatic heterocycles. The zero-order chi connectivity index (χ0) is 12.1. The average Bonchev–Trinajstić information content (AvgIpc) is 2.24. The van der Waals surface area contributed by atoms with E-state index in [0.29, 0.717) is 0 Å². The fraction of sp³-hybridized carbons (Fsp3) is 0.333. The minimum Gasteiger partial charge on any atom is -0.207 e. The summed E-state index contributed by atoms with van der Waals surface area (Å²) in [7, 11) is 0. The van der Waals surface area contributed by atoms with Gasteiger partial charge in [-0.3, -0.25) is 0 Å². The number of rotatable bonds is 4. The lowest BCUT2D eigenvalue weighted by Gasteiger charge is -2.09. The van der Waals surface area contributed by atoms with Gasteiger partial charge in [0.2, 0.25) is 0 Å². The van der Waals surface area contributed by atoms with Crippen LogP contribution in [-0.4, -0.2) is 0 Å². The summed E-state index contributed by atoms with van der Waals surface area (Å²) in [6, 6.07) is 5.25. The van der Waals surface area contributed by atoms with Crippen LogP contribution < -0.4 is 0 Å². The molecule has 0 spiro atoms. The van der Waals surface area contributed by atoms with Gasteiger partial charge in [-0.2, -0.15) is 0 Å². The van der Waals surface area contributed by atoms with Gasteiger partial charge in [-0.05, 0) is 49.5 Å². The standard InChI is InChI=1S/C15H19F/c1-5-13(10-9-11(2)3)14-7-6-8-15(16)12(14)4/h6-8,10H,2,5,9H2,1,3-4H3/b13-10+. The minimum absolute atomic E-state index is 0.132. The molecular formula is C15H19F. The molecule has 0 atom stereocenters. The molecule has 1 aromatic rings. The number of hydrogen-bond donors (Lipinski definition) is 0. The molecule has 86 valence electrons. The molecule has 0 aliphatic carbocycles. The Morgan fingerprint density at radius 1 is 1.44 bits per heavy atom. The Bertz CT molecular complexity index is 413. The van der Waals surface area contributed by atoms with Crippen molar-refractivity contribution in [1.82, 2.24) is 0 Å². The van der Waals surface area contributed by atoms with E-state index in [9.17, 15) is 4.39 Å². The Morgan fingerprint density at radius 2 is 2.12 bits per heavy atom. The van der Waals surface area contributed by atoms with Crippen LogP contribution in [0, 0.1) is 12.7 Å². The molecule has 0 fully saturated rings. The highest BCUT2D eigenvalue weighted by molar-refractivity contribution is 5.68. The predicted molar refractivity (Wildman–Crippen MR) is 68.8 cm³/mol. The maximum absolute atomic E-state index is 13.4. The van der Waals surface area contributed by atoms with Crippen molar-refractivity contribution in [2.45, 2.75) is 33.6 Å². The summed E-state index contributed by atoms with van der Waals surface area (Å²) in [5, 5.41) is 0. The number of hydrogen-bond acceptors (Lipinski definition) is 0. The molecule has 0 unspecified atom stereocenters. The second-order valence-electron chi connectivity index (χ2n) is 4.16. The number of allylic oxidation sites excluding steroid dienone is 3. The van der Waals surface area contributed by atoms with Crippen molar-refractivity contribution in [1.29, 1.82) is 0 Å². The topological polar surface area (TPSA) is 0 Å². The first-order valence-electron chi connectivity index (χ1n) is 5.65. The molecule has 0 radical (unpaired) electrons. The third-order valence-electron chi connectivity index (χ3n) is 2.69. The summed E-state index contributed by atoms with van der Waals surface area (Å²) >= 11 is 0. The first kappa shape index (κ1) is 12.7. The fourth-order valence-corrected chi connectivity index (χ4v) is 1.70. The van der Waals surface area contributed by atoms with Crippen LogP contribution in [0.4, 0.5) is 4.39 Å². The van der Waals surface area contributed by atoms with Gasteiger partial charge in [0.05, 0.1) is 0 Å². The molecule has 1 aromatic carbocycles. The average molecular weight is 218 g/mol. The number of halogens is 1. The number of benzene rings is 1. The van der Waals surface area contributed by atoms with Crippen LogP contribution in [0.3, 0.4) is 0 Å². The van der Waals surface area contributed by atoms with Gasteiger partial charge in [0.25, 0.3) is 0 Å². The van der Waals surface area contributed by atoms with Crippen molar-refractivity contribution in [2.24, 2.45) is 0 Å². The Hall–Kier alpha value is -1.37. The van der Waals surface area contributed by atoms with Crippen LogP contribution in [-0.2, 0) is 0 Å². The van der Waals surface area contributed by atoms with E-state index in [1.165, 1.54) is 11.6 Å². The van der Waals surface area contributed by atoms with E-state index in [4.69, 9.17) is 0 Å². The fourth-order valence-electron chi connectivity index (χ4n) is 1.70. The van der Waals surface area contributed by atoms with E-state index >= 15 is 0 Å². The first-order chi connectivity index (χ1) is 7.56. The Balaban J connectivity index is 3.08. The van der Waals surface area contributed by atoms with Gasteiger partial charge >= 0.3 is 0 Å². The van der Waals surface area contributed by atoms with E-state index in [-0.39, 0.29) is 5.82 Å². The molecule has 0 aliphatic rings. The van der Waals surface area contributed by atoms with E-state index in [1.807, 2.05) is 19.9 Å². The maximum Gasteiger partial charge on any atom is 0.126 e. The molecule has 0 nitrogen and oxygen atoms in total. The lowest BCUT2D eigenvalue weighted by molar-refractivity contribution is 0.618. The minimum atomic E-state index is -0.132. The molecule has 1 heteroatoms. The lowest BCUT2D eigenvalue weighted by Crippen LogP contribution is -1.92. The quantitative estimate of drug-likeness (QED) is 0.631. The summed E-state index contributed by atoms with van der Waals surface area (Å²) in [5.41, 5.74) is 4.07. The molecule has 0 amide bonds. The van der Waals surface area contributed by atoms with Crippen LogP contribution in [0.15, 0.2) is 36.4 Å². The van der Waals surface area contributed by atoms with E-state index in [2.05, 4.69) is 19.6 Å². The van der Waals surface area contributed by atoms with E-state index in [0.717, 1.165) is 29.5 Å². The lowest BCUT2D eigenvalue weighted by atomic mass is 9.97. The molecule has 0 saturated heterocycles. The summed E-state index contributed by atoms with van der Waals surface area (Å²) < 4.78 is 13.4. The Labute approximate surface area is 97.5 Å². The van der Waals surface area contributed by atoms with Crippen molar-refractivity contribution < 1.29 is 4.39 Å². The van der Waals surface area contributed by atoms with Gasteiger partial charge in [-0.15, -0.1) is 0 Å². The van der Waals surface area contributed by atoms with Crippen LogP contribution in [0.5, 0.6) is 0 Å². The Kier molecular flexibility index (Phi) is 4.48. The third kappa shape index (κ3) is 3.06. The van der Waals surface area contributed by atoms with Crippen LogP contribution in [0.2, 0.25) is 0 Å². The van der Waals surface area contributed by atoms with Crippen molar-refractivity contribution in [3.05, 3.63) is 53.4 Å². The molecule has 0 N–H and O–H groups in total. The zero-order valence-electron chi connectivity index (χ0n) is 10.3. The SMILES string of the molecule is C=C(C)C/C=C(\CC)c1cccc(F)c1C. The van der Waals surface area contributed by atoms with Crippen molar-refractivity contribution in [3.8, 4) is 0 Å². The monoisotopic (exact) mass is 218 g/mol. The largest absolute Gasteiger partial charge is 0.207 e. The highest BCUT2D eigenvalue weighted by Crippen LogP contribution is 2.24. The smallest absolute Gasteiger partial charge is 0.126 e. The van der Waals surface area contributed by atoms with Crippen molar-refractivity contribution in [2.75, 3.05) is 0 Å². The highest BCUT2D eigenvalue weighted by atomic mass is 19.1. The molecular weight excluding hydrogens is 199 g/mol. The summed E-state index contributed by atoms with van der Waals surface area (Å²) in [4.78, 5) is 0. The second kappa shape index (κ2) is 5.64. The van der Waals surface area contributed by atoms with Crippen LogP contribution in [0.25, 0.3) is 5.57 Å². The van der Waals surface area contributed by atoms with Gasteiger partial charge < -0.3 is 0 Å². The van der Waals surface area contributed by atoms with E-state index in [1.54, 1.807) is 6.07 Å². The van der Waals surface area contributed by atoms with Gasteiger partial charge in [0.1, 0.15) is 5.82 Å². The van der Waals surface area contributed by atoms with Gasteiger partial charge in [0, 0.05) is 0 Å². The molecule has 0 aromatic heterocycles. The zero-order valence-corrected chi connectivity index (χ0v) is 10.3. The second-order valence-corrected chi connectivity index (χ2v) is 4.16. The van der Waals surface area contributed by atoms with Crippen molar-refractivity contribution in [3.63, 3.8) is 0 Å². The molecule has 1 rings (SSSR count). The highest BCUT2D eigenvalue weighted by Gasteiger charge is 2.06. The summed E-state index contributed by atoms with van der Waals surface area (Å²) in [6.07, 6.45) is 3.92. The first-order valence-corrected chi connectivity index (χ1v) is 5.65. The predicted octanol–water partition coefficient (Wildman–Crippen LogP) is 4.89. The normalized spacial score (nSPS) is 11.6. The van der Waals surface area contributed by atoms with Crippen LogP contribution in [0.1, 0.15) is 37.8 Å². The molecule has 16 heavy (non-hydrogen) atoms. The van der Waals surface area contributed by atoms with Crippen LogP contribution >= 0.6 is 0 Å². The van der Waals surface area contributed by atoms with Gasteiger partial charge in [0.15, 0.2) is 0 Å². The van der Waals surface area contributed by atoms with Crippen molar-refractivity contribution >= 4 is 5.57 Å². The Morgan fingerprint density at radius 3 is 2.69 bits per heavy atom. The molecule has 0 heterocycles.